The quantitative estimate of drug-likeness (QED) is 0.868. The molecule has 0 radical (unpaired) electrons. The Morgan fingerprint density at radius 2 is 1.58 bits per heavy atom. The highest BCUT2D eigenvalue weighted by atomic mass is 16.2. The maximum absolute atomic E-state index is 12.5. The lowest BCUT2D eigenvalue weighted by molar-refractivity contribution is -0.130. The van der Waals surface area contributed by atoms with Gasteiger partial charge in [0.1, 0.15) is 5.69 Å². The summed E-state index contributed by atoms with van der Waals surface area (Å²) in [4.78, 5) is 32.7. The van der Waals surface area contributed by atoms with Crippen molar-refractivity contribution < 1.29 is 9.59 Å². The summed E-state index contributed by atoms with van der Waals surface area (Å²) in [6.45, 7) is 2.47. The second kappa shape index (κ2) is 7.73. The summed E-state index contributed by atoms with van der Waals surface area (Å²) in [5, 5.41) is 0. The van der Waals surface area contributed by atoms with Crippen molar-refractivity contribution in [3.05, 3.63) is 66.0 Å². The molecule has 0 aliphatic carbocycles. The summed E-state index contributed by atoms with van der Waals surface area (Å²) in [6.07, 6.45) is 2.83. The Kier molecular flexibility index (Phi) is 5.21. The van der Waals surface area contributed by atoms with Gasteiger partial charge in [-0.1, -0.05) is 36.4 Å². The SMILES string of the molecule is O=C(Cc1ccccc1)N1CCCN(C(=O)c2ccccn2)CC1. The third-order valence-corrected chi connectivity index (χ3v) is 4.22. The van der Waals surface area contributed by atoms with Crippen LogP contribution < -0.4 is 0 Å². The number of benzene rings is 1. The van der Waals surface area contributed by atoms with E-state index in [1.54, 1.807) is 23.2 Å². The van der Waals surface area contributed by atoms with Crippen LogP contribution in [0.15, 0.2) is 54.7 Å². The molecular formula is C19H21N3O2. The summed E-state index contributed by atoms with van der Waals surface area (Å²) in [6, 6.07) is 15.1. The van der Waals surface area contributed by atoms with Crippen molar-refractivity contribution in [3.63, 3.8) is 0 Å². The first-order valence-corrected chi connectivity index (χ1v) is 8.26. The van der Waals surface area contributed by atoms with Crippen LogP contribution >= 0.6 is 0 Å². The summed E-state index contributed by atoms with van der Waals surface area (Å²) in [7, 11) is 0. The maximum atomic E-state index is 12.5. The highest BCUT2D eigenvalue weighted by Crippen LogP contribution is 2.10. The van der Waals surface area contributed by atoms with Crippen molar-refractivity contribution in [1.82, 2.24) is 14.8 Å². The van der Waals surface area contributed by atoms with Crippen molar-refractivity contribution in [2.24, 2.45) is 0 Å². The highest BCUT2D eigenvalue weighted by Gasteiger charge is 2.23. The van der Waals surface area contributed by atoms with E-state index >= 15 is 0 Å². The molecule has 0 N–H and O–H groups in total. The molecule has 24 heavy (non-hydrogen) atoms. The van der Waals surface area contributed by atoms with E-state index in [9.17, 15) is 9.59 Å². The van der Waals surface area contributed by atoms with Crippen LogP contribution in [0.5, 0.6) is 0 Å². The maximum Gasteiger partial charge on any atom is 0.272 e. The second-order valence-electron chi connectivity index (χ2n) is 5.90. The third kappa shape index (κ3) is 3.98. The molecule has 5 heteroatoms. The number of nitrogens with zero attached hydrogens (tertiary/aromatic N) is 3. The van der Waals surface area contributed by atoms with Crippen molar-refractivity contribution in [3.8, 4) is 0 Å². The summed E-state index contributed by atoms with van der Waals surface area (Å²) in [5.74, 6) is 0.0568. The molecule has 5 nitrogen and oxygen atoms in total. The van der Waals surface area contributed by atoms with Gasteiger partial charge in [0, 0.05) is 32.4 Å². The number of amides is 2. The summed E-state index contributed by atoms with van der Waals surface area (Å²) in [5.41, 5.74) is 1.48. The number of aromatic nitrogens is 1. The molecule has 0 unspecified atom stereocenters. The van der Waals surface area contributed by atoms with E-state index in [0.717, 1.165) is 12.0 Å². The Labute approximate surface area is 141 Å². The van der Waals surface area contributed by atoms with E-state index in [2.05, 4.69) is 4.98 Å². The molecule has 3 rings (SSSR count). The number of rotatable bonds is 3. The molecule has 2 amide bonds. The molecular weight excluding hydrogens is 302 g/mol. The first-order valence-electron chi connectivity index (χ1n) is 8.26. The largest absolute Gasteiger partial charge is 0.341 e. The van der Waals surface area contributed by atoms with Gasteiger partial charge in [0.2, 0.25) is 5.91 Å². The minimum absolute atomic E-state index is 0.0621. The van der Waals surface area contributed by atoms with Gasteiger partial charge in [-0.3, -0.25) is 14.6 Å². The van der Waals surface area contributed by atoms with Crippen LogP contribution in [0.2, 0.25) is 0 Å². The molecule has 1 aromatic heterocycles. The van der Waals surface area contributed by atoms with Crippen LogP contribution in [0.1, 0.15) is 22.5 Å². The first-order chi connectivity index (χ1) is 11.7. The van der Waals surface area contributed by atoms with Gasteiger partial charge in [-0.05, 0) is 24.1 Å². The van der Waals surface area contributed by atoms with Crippen LogP contribution in [0.4, 0.5) is 0 Å². The van der Waals surface area contributed by atoms with Crippen LogP contribution in [0, 0.1) is 0 Å². The van der Waals surface area contributed by atoms with E-state index in [4.69, 9.17) is 0 Å². The van der Waals surface area contributed by atoms with Crippen LogP contribution in [0.3, 0.4) is 0 Å². The molecule has 2 aromatic rings. The van der Waals surface area contributed by atoms with Gasteiger partial charge in [0.05, 0.1) is 6.42 Å². The number of carbonyl (C=O) groups excluding carboxylic acids is 2. The fourth-order valence-electron chi connectivity index (χ4n) is 2.90. The highest BCUT2D eigenvalue weighted by molar-refractivity contribution is 5.92. The standard InChI is InChI=1S/C19H21N3O2/c23-18(15-16-7-2-1-3-8-16)21-11-6-12-22(14-13-21)19(24)17-9-4-5-10-20-17/h1-5,7-10H,6,11-15H2. The van der Waals surface area contributed by atoms with Crippen LogP contribution in [-0.4, -0.2) is 52.8 Å². The Morgan fingerprint density at radius 1 is 0.875 bits per heavy atom. The molecule has 1 aliphatic rings. The van der Waals surface area contributed by atoms with Gasteiger partial charge >= 0.3 is 0 Å². The second-order valence-corrected chi connectivity index (χ2v) is 5.90. The molecule has 1 saturated heterocycles. The van der Waals surface area contributed by atoms with Gasteiger partial charge in [-0.25, -0.2) is 0 Å². The Balaban J connectivity index is 1.59. The topological polar surface area (TPSA) is 53.5 Å². The zero-order valence-electron chi connectivity index (χ0n) is 13.6. The van der Waals surface area contributed by atoms with Gasteiger partial charge in [-0.15, -0.1) is 0 Å². The van der Waals surface area contributed by atoms with Crippen molar-refractivity contribution in [1.29, 1.82) is 0 Å². The zero-order valence-corrected chi connectivity index (χ0v) is 13.6. The lowest BCUT2D eigenvalue weighted by atomic mass is 10.1. The predicted octanol–water partition coefficient (Wildman–Crippen LogP) is 2.00. The normalized spacial score (nSPS) is 15.0. The number of hydrogen-bond donors (Lipinski definition) is 0. The summed E-state index contributed by atoms with van der Waals surface area (Å²) < 4.78 is 0. The van der Waals surface area contributed by atoms with Crippen LogP contribution in [0.25, 0.3) is 0 Å². The summed E-state index contributed by atoms with van der Waals surface area (Å²) >= 11 is 0. The fraction of sp³-hybridized carbons (Fsp3) is 0.316. The number of pyridine rings is 1. The molecule has 0 atom stereocenters. The molecule has 1 fully saturated rings. The average Bonchev–Trinajstić information content (AvgIpc) is 2.89. The number of hydrogen-bond acceptors (Lipinski definition) is 3. The monoisotopic (exact) mass is 323 g/mol. The van der Waals surface area contributed by atoms with Gasteiger partial charge in [0.15, 0.2) is 0 Å². The molecule has 0 bridgehead atoms. The molecule has 0 spiro atoms. The van der Waals surface area contributed by atoms with Crippen molar-refractivity contribution in [2.75, 3.05) is 26.2 Å². The van der Waals surface area contributed by atoms with Gasteiger partial charge < -0.3 is 9.80 Å². The number of carbonyl (C=O) groups is 2. The van der Waals surface area contributed by atoms with E-state index in [1.807, 2.05) is 41.3 Å². The fourth-order valence-corrected chi connectivity index (χ4v) is 2.90. The van der Waals surface area contributed by atoms with Crippen molar-refractivity contribution >= 4 is 11.8 Å². The molecule has 1 aliphatic heterocycles. The average molecular weight is 323 g/mol. The molecule has 124 valence electrons. The third-order valence-electron chi connectivity index (χ3n) is 4.22. The van der Waals surface area contributed by atoms with E-state index in [0.29, 0.717) is 38.3 Å². The van der Waals surface area contributed by atoms with Crippen molar-refractivity contribution in [2.45, 2.75) is 12.8 Å². The lowest BCUT2D eigenvalue weighted by Gasteiger charge is -2.22. The first kappa shape index (κ1) is 16.2. The zero-order chi connectivity index (χ0) is 16.8. The Hall–Kier alpha value is -2.69. The Morgan fingerprint density at radius 3 is 2.33 bits per heavy atom. The van der Waals surface area contributed by atoms with Gasteiger partial charge in [-0.2, -0.15) is 0 Å². The smallest absolute Gasteiger partial charge is 0.272 e. The van der Waals surface area contributed by atoms with Gasteiger partial charge in [0.25, 0.3) is 5.91 Å². The van der Waals surface area contributed by atoms with Crippen LogP contribution in [-0.2, 0) is 11.2 Å². The predicted molar refractivity (Wildman–Crippen MR) is 91.5 cm³/mol. The minimum Gasteiger partial charge on any atom is -0.341 e. The minimum atomic E-state index is -0.0621. The van der Waals surface area contributed by atoms with E-state index in [-0.39, 0.29) is 11.8 Å². The molecule has 2 heterocycles. The molecule has 1 aromatic carbocycles. The molecule has 0 saturated carbocycles. The lowest BCUT2D eigenvalue weighted by Crippen LogP contribution is -2.38. The van der Waals surface area contributed by atoms with E-state index < -0.39 is 0 Å². The Bertz CT molecular complexity index is 688. The van der Waals surface area contributed by atoms with E-state index in [1.165, 1.54) is 0 Å².